The number of carbonyl (C=O) groups excluding carboxylic acids is 1. The maximum atomic E-state index is 11.2. The van der Waals surface area contributed by atoms with Crippen molar-refractivity contribution in [1.29, 1.82) is 0 Å². The third-order valence-corrected chi connectivity index (χ3v) is 1.97. The van der Waals surface area contributed by atoms with E-state index in [1.807, 2.05) is 12.2 Å². The topological polar surface area (TPSA) is 52.3 Å². The monoisotopic (exact) mass is 167 g/mol. The third-order valence-electron chi connectivity index (χ3n) is 1.97. The summed E-state index contributed by atoms with van der Waals surface area (Å²) in [6.45, 7) is 3.75. The first-order valence-corrected chi connectivity index (χ1v) is 3.80. The Morgan fingerprint density at radius 1 is 1.83 bits per heavy atom. The van der Waals surface area contributed by atoms with E-state index in [1.54, 1.807) is 0 Å². The summed E-state index contributed by atoms with van der Waals surface area (Å²) in [5, 5.41) is 0. The van der Waals surface area contributed by atoms with E-state index in [2.05, 4.69) is 11.3 Å². The van der Waals surface area contributed by atoms with Crippen molar-refractivity contribution in [3.05, 3.63) is 24.3 Å². The van der Waals surface area contributed by atoms with Crippen LogP contribution in [0.2, 0.25) is 0 Å². The molecule has 1 aliphatic carbocycles. The van der Waals surface area contributed by atoms with Crippen LogP contribution in [0.4, 0.5) is 0 Å². The molecule has 0 aliphatic heterocycles. The van der Waals surface area contributed by atoms with Crippen molar-refractivity contribution in [2.45, 2.75) is 18.4 Å². The summed E-state index contributed by atoms with van der Waals surface area (Å²) in [6, 6.07) is 0. The minimum absolute atomic E-state index is 0.368. The number of allylic oxidation sites excluding steroid dienone is 1. The summed E-state index contributed by atoms with van der Waals surface area (Å²) in [5.41, 5.74) is 5.80. The summed E-state index contributed by atoms with van der Waals surface area (Å²) in [6.07, 6.45) is 4.74. The van der Waals surface area contributed by atoms with Crippen LogP contribution >= 0.6 is 0 Å². The van der Waals surface area contributed by atoms with Crippen LogP contribution in [0.15, 0.2) is 24.3 Å². The molecule has 3 heteroatoms. The Kier molecular flexibility index (Phi) is 2.33. The number of ether oxygens (including phenoxy) is 1. The van der Waals surface area contributed by atoms with Crippen LogP contribution in [-0.2, 0) is 9.53 Å². The lowest BCUT2D eigenvalue weighted by atomic mass is 9.84. The van der Waals surface area contributed by atoms with Crippen molar-refractivity contribution in [1.82, 2.24) is 0 Å². The van der Waals surface area contributed by atoms with E-state index in [0.717, 1.165) is 5.57 Å². The minimum Gasteiger partial charge on any atom is -0.468 e. The maximum Gasteiger partial charge on any atom is 0.326 e. The highest BCUT2D eigenvalue weighted by atomic mass is 16.5. The van der Waals surface area contributed by atoms with Gasteiger partial charge in [0.15, 0.2) is 0 Å². The van der Waals surface area contributed by atoms with Gasteiger partial charge in [-0.2, -0.15) is 0 Å². The van der Waals surface area contributed by atoms with Crippen LogP contribution in [-0.4, -0.2) is 18.6 Å². The molecule has 1 rings (SSSR count). The predicted octanol–water partition coefficient (Wildman–Crippen LogP) is 0.763. The van der Waals surface area contributed by atoms with Crippen LogP contribution in [0.5, 0.6) is 0 Å². The largest absolute Gasteiger partial charge is 0.468 e. The zero-order valence-corrected chi connectivity index (χ0v) is 7.17. The molecule has 0 saturated heterocycles. The third kappa shape index (κ3) is 1.56. The van der Waals surface area contributed by atoms with Crippen molar-refractivity contribution in [3.63, 3.8) is 0 Å². The first-order valence-electron chi connectivity index (χ1n) is 3.80. The van der Waals surface area contributed by atoms with Crippen LogP contribution in [0.3, 0.4) is 0 Å². The quantitative estimate of drug-likeness (QED) is 0.587. The Morgan fingerprint density at radius 3 is 3.00 bits per heavy atom. The summed E-state index contributed by atoms with van der Waals surface area (Å²) in [5.74, 6) is -0.368. The van der Waals surface area contributed by atoms with Gasteiger partial charge < -0.3 is 10.5 Å². The summed E-state index contributed by atoms with van der Waals surface area (Å²) >= 11 is 0. The predicted molar refractivity (Wildman–Crippen MR) is 46.4 cm³/mol. The molecule has 1 atom stereocenters. The van der Waals surface area contributed by atoms with Crippen molar-refractivity contribution in [2.24, 2.45) is 5.73 Å². The Hall–Kier alpha value is -1.09. The zero-order chi connectivity index (χ0) is 9.19. The molecular formula is C9H13NO2. The van der Waals surface area contributed by atoms with Gasteiger partial charge in [0.05, 0.1) is 7.11 Å². The molecule has 0 bridgehead atoms. The van der Waals surface area contributed by atoms with Gasteiger partial charge in [-0.25, -0.2) is 0 Å². The molecule has 0 heterocycles. The molecule has 1 aliphatic rings. The van der Waals surface area contributed by atoms with Gasteiger partial charge in [0, 0.05) is 6.42 Å². The summed E-state index contributed by atoms with van der Waals surface area (Å²) in [7, 11) is 1.35. The van der Waals surface area contributed by atoms with Crippen molar-refractivity contribution < 1.29 is 9.53 Å². The fourth-order valence-corrected chi connectivity index (χ4v) is 1.33. The lowest BCUT2D eigenvalue weighted by Gasteiger charge is -2.28. The van der Waals surface area contributed by atoms with Gasteiger partial charge in [0.2, 0.25) is 0 Å². The molecule has 12 heavy (non-hydrogen) atoms. The maximum absolute atomic E-state index is 11.2. The van der Waals surface area contributed by atoms with Crippen LogP contribution in [0.25, 0.3) is 0 Å². The SMILES string of the molecule is C=C1C=CC[C@](N)(C(=O)OC)C1. The Balaban J connectivity index is 2.79. The molecular weight excluding hydrogens is 154 g/mol. The highest BCUT2D eigenvalue weighted by molar-refractivity contribution is 5.81. The molecule has 2 N–H and O–H groups in total. The van der Waals surface area contributed by atoms with Gasteiger partial charge in [0.1, 0.15) is 5.54 Å². The second-order valence-corrected chi connectivity index (χ2v) is 3.09. The molecule has 0 aromatic rings. The normalized spacial score (nSPS) is 28.7. The fourth-order valence-electron chi connectivity index (χ4n) is 1.33. The van der Waals surface area contributed by atoms with E-state index in [0.29, 0.717) is 12.8 Å². The second-order valence-electron chi connectivity index (χ2n) is 3.09. The number of hydrogen-bond donors (Lipinski definition) is 1. The number of hydrogen-bond acceptors (Lipinski definition) is 3. The zero-order valence-electron chi connectivity index (χ0n) is 7.17. The molecule has 0 aromatic carbocycles. The standard InChI is InChI=1S/C9H13NO2/c1-7-4-3-5-9(10,6-7)8(11)12-2/h3-4H,1,5-6,10H2,2H3/t9-/m1/s1. The van der Waals surface area contributed by atoms with Crippen LogP contribution in [0.1, 0.15) is 12.8 Å². The van der Waals surface area contributed by atoms with Crippen molar-refractivity contribution >= 4 is 5.97 Å². The van der Waals surface area contributed by atoms with E-state index in [9.17, 15) is 4.79 Å². The number of methoxy groups -OCH3 is 1. The Labute approximate surface area is 71.9 Å². The van der Waals surface area contributed by atoms with E-state index in [-0.39, 0.29) is 5.97 Å². The van der Waals surface area contributed by atoms with Gasteiger partial charge >= 0.3 is 5.97 Å². The van der Waals surface area contributed by atoms with Crippen LogP contribution < -0.4 is 5.73 Å². The summed E-state index contributed by atoms with van der Waals surface area (Å²) in [4.78, 5) is 11.2. The van der Waals surface area contributed by atoms with Crippen molar-refractivity contribution in [3.8, 4) is 0 Å². The van der Waals surface area contributed by atoms with E-state index in [4.69, 9.17) is 5.73 Å². The molecule has 0 unspecified atom stereocenters. The van der Waals surface area contributed by atoms with Crippen LogP contribution in [0, 0.1) is 0 Å². The molecule has 66 valence electrons. The lowest BCUT2D eigenvalue weighted by molar-refractivity contribution is -0.147. The molecule has 0 aromatic heterocycles. The van der Waals surface area contributed by atoms with Gasteiger partial charge in [0.25, 0.3) is 0 Å². The smallest absolute Gasteiger partial charge is 0.326 e. The Bertz CT molecular complexity index is 245. The van der Waals surface area contributed by atoms with E-state index in [1.165, 1.54) is 7.11 Å². The van der Waals surface area contributed by atoms with Gasteiger partial charge in [-0.3, -0.25) is 4.79 Å². The average Bonchev–Trinajstić information content (AvgIpc) is 2.02. The fraction of sp³-hybridized carbons (Fsp3) is 0.444. The summed E-state index contributed by atoms with van der Waals surface area (Å²) < 4.78 is 4.60. The number of nitrogens with two attached hydrogens (primary N) is 1. The molecule has 0 radical (unpaired) electrons. The Morgan fingerprint density at radius 2 is 2.50 bits per heavy atom. The van der Waals surface area contributed by atoms with E-state index >= 15 is 0 Å². The average molecular weight is 167 g/mol. The first kappa shape index (κ1) is 9.00. The molecule has 0 fully saturated rings. The lowest BCUT2D eigenvalue weighted by Crippen LogP contribution is -2.49. The van der Waals surface area contributed by atoms with Gasteiger partial charge in [-0.05, 0) is 6.42 Å². The number of esters is 1. The molecule has 0 saturated carbocycles. The molecule has 3 nitrogen and oxygen atoms in total. The van der Waals surface area contributed by atoms with E-state index < -0.39 is 5.54 Å². The van der Waals surface area contributed by atoms with Gasteiger partial charge in [-0.15, -0.1) is 0 Å². The number of carbonyl (C=O) groups is 1. The minimum atomic E-state index is -0.888. The van der Waals surface area contributed by atoms with Gasteiger partial charge in [-0.1, -0.05) is 24.3 Å². The molecule has 0 spiro atoms. The first-order chi connectivity index (χ1) is 5.58. The second kappa shape index (κ2) is 3.11. The highest BCUT2D eigenvalue weighted by Crippen LogP contribution is 2.24. The van der Waals surface area contributed by atoms with Crippen molar-refractivity contribution in [2.75, 3.05) is 7.11 Å². The number of rotatable bonds is 1. The molecule has 0 amide bonds. The highest BCUT2D eigenvalue weighted by Gasteiger charge is 2.35.